The smallest absolute Gasteiger partial charge is 0.244 e. The molecule has 10 heteroatoms. The van der Waals surface area contributed by atoms with E-state index in [1.807, 2.05) is 6.92 Å². The quantitative estimate of drug-likeness (QED) is 0.514. The van der Waals surface area contributed by atoms with E-state index in [0.717, 1.165) is 17.0 Å². The SMILES string of the molecule is CCCNC(=O)[C@@H](CC)N(Cc1ccc(F)cc1)C(=O)CN(c1cccc(Cl)c1)S(C)(=O)=O. The summed E-state index contributed by atoms with van der Waals surface area (Å²) in [5.74, 6) is -1.32. The Kier molecular flexibility index (Phi) is 9.67. The number of nitrogens with one attached hydrogen (secondary N) is 1. The number of carbonyl (C=O) groups is 2. The molecule has 180 valence electrons. The Hall–Kier alpha value is -2.65. The van der Waals surface area contributed by atoms with Gasteiger partial charge in [0.05, 0.1) is 11.9 Å². The molecule has 0 heterocycles. The first-order valence-corrected chi connectivity index (χ1v) is 12.8. The van der Waals surface area contributed by atoms with Crippen molar-refractivity contribution >= 4 is 39.1 Å². The Morgan fingerprint density at radius 1 is 1.12 bits per heavy atom. The molecule has 0 aliphatic rings. The molecule has 2 aromatic carbocycles. The van der Waals surface area contributed by atoms with E-state index in [4.69, 9.17) is 11.6 Å². The van der Waals surface area contributed by atoms with Gasteiger partial charge in [-0.25, -0.2) is 12.8 Å². The highest BCUT2D eigenvalue weighted by atomic mass is 35.5. The first-order valence-electron chi connectivity index (χ1n) is 10.6. The highest BCUT2D eigenvalue weighted by molar-refractivity contribution is 7.92. The molecule has 33 heavy (non-hydrogen) atoms. The molecule has 7 nitrogen and oxygen atoms in total. The Labute approximate surface area is 199 Å². The van der Waals surface area contributed by atoms with Crippen molar-refractivity contribution in [2.24, 2.45) is 0 Å². The molecule has 0 aromatic heterocycles. The zero-order valence-electron chi connectivity index (χ0n) is 18.9. The number of rotatable bonds is 11. The summed E-state index contributed by atoms with van der Waals surface area (Å²) >= 11 is 6.02. The van der Waals surface area contributed by atoms with Crippen molar-refractivity contribution in [3.63, 3.8) is 0 Å². The molecule has 2 rings (SSSR count). The number of anilines is 1. The lowest BCUT2D eigenvalue weighted by atomic mass is 10.1. The van der Waals surface area contributed by atoms with Crippen LogP contribution in [0, 0.1) is 5.82 Å². The third kappa shape index (κ3) is 7.71. The van der Waals surface area contributed by atoms with Crippen LogP contribution in [-0.4, -0.2) is 50.5 Å². The first-order chi connectivity index (χ1) is 15.6. The van der Waals surface area contributed by atoms with Crippen molar-refractivity contribution in [1.82, 2.24) is 10.2 Å². The lowest BCUT2D eigenvalue weighted by Gasteiger charge is -2.33. The molecule has 1 atom stereocenters. The molecule has 2 amide bonds. The Bertz CT molecular complexity index is 1060. The maximum absolute atomic E-state index is 13.4. The van der Waals surface area contributed by atoms with Gasteiger partial charge in [0.25, 0.3) is 0 Å². The summed E-state index contributed by atoms with van der Waals surface area (Å²) in [5, 5.41) is 3.12. The molecule has 0 unspecified atom stereocenters. The van der Waals surface area contributed by atoms with Gasteiger partial charge in [-0.2, -0.15) is 0 Å². The summed E-state index contributed by atoms with van der Waals surface area (Å²) < 4.78 is 39.3. The molecule has 0 radical (unpaired) electrons. The highest BCUT2D eigenvalue weighted by Crippen LogP contribution is 2.23. The molecule has 0 spiro atoms. The molecule has 0 saturated heterocycles. The van der Waals surface area contributed by atoms with Gasteiger partial charge >= 0.3 is 0 Å². The molecular formula is C23H29ClFN3O4S. The summed E-state index contributed by atoms with van der Waals surface area (Å²) in [5.41, 5.74) is 0.851. The van der Waals surface area contributed by atoms with Gasteiger partial charge < -0.3 is 10.2 Å². The predicted molar refractivity (Wildman–Crippen MR) is 128 cm³/mol. The Morgan fingerprint density at radius 3 is 2.33 bits per heavy atom. The zero-order valence-corrected chi connectivity index (χ0v) is 20.5. The topological polar surface area (TPSA) is 86.8 Å². The second-order valence-electron chi connectivity index (χ2n) is 7.61. The van der Waals surface area contributed by atoms with E-state index >= 15 is 0 Å². The standard InChI is InChI=1S/C23H29ClFN3O4S/c1-4-13-26-23(30)21(5-2)27(15-17-9-11-19(25)12-10-17)22(29)16-28(33(3,31)32)20-8-6-7-18(24)14-20/h6-12,14,21H,4-5,13,15-16H2,1-3H3,(H,26,30)/t21-/m1/s1. The van der Waals surface area contributed by atoms with Gasteiger partial charge in [-0.3, -0.25) is 13.9 Å². The monoisotopic (exact) mass is 497 g/mol. The van der Waals surface area contributed by atoms with Crippen molar-refractivity contribution in [2.75, 3.05) is 23.7 Å². The van der Waals surface area contributed by atoms with Crippen LogP contribution in [0.1, 0.15) is 32.3 Å². The van der Waals surface area contributed by atoms with Crippen LogP contribution in [0.3, 0.4) is 0 Å². The van der Waals surface area contributed by atoms with Crippen LogP contribution in [-0.2, 0) is 26.2 Å². The van der Waals surface area contributed by atoms with Gasteiger partial charge in [-0.05, 0) is 48.7 Å². The molecule has 0 saturated carbocycles. The maximum Gasteiger partial charge on any atom is 0.244 e. The van der Waals surface area contributed by atoms with E-state index in [-0.39, 0.29) is 18.1 Å². The average molecular weight is 498 g/mol. The highest BCUT2D eigenvalue weighted by Gasteiger charge is 2.31. The number of carbonyl (C=O) groups excluding carboxylic acids is 2. The minimum absolute atomic E-state index is 0.0182. The van der Waals surface area contributed by atoms with Crippen LogP contribution in [0.15, 0.2) is 48.5 Å². The van der Waals surface area contributed by atoms with E-state index < -0.39 is 34.3 Å². The molecule has 0 bridgehead atoms. The van der Waals surface area contributed by atoms with Crippen LogP contribution in [0.5, 0.6) is 0 Å². The van der Waals surface area contributed by atoms with Crippen LogP contribution >= 0.6 is 11.6 Å². The van der Waals surface area contributed by atoms with Crippen molar-refractivity contribution in [2.45, 2.75) is 39.3 Å². The van der Waals surface area contributed by atoms with Gasteiger partial charge in [0, 0.05) is 18.1 Å². The summed E-state index contributed by atoms with van der Waals surface area (Å²) in [4.78, 5) is 27.6. The van der Waals surface area contributed by atoms with E-state index in [9.17, 15) is 22.4 Å². The number of sulfonamides is 1. The number of halogens is 2. The molecule has 0 aliphatic heterocycles. The second-order valence-corrected chi connectivity index (χ2v) is 9.96. The van der Waals surface area contributed by atoms with Crippen LogP contribution in [0.2, 0.25) is 5.02 Å². The van der Waals surface area contributed by atoms with E-state index in [1.54, 1.807) is 19.1 Å². The molecular weight excluding hydrogens is 469 g/mol. The van der Waals surface area contributed by atoms with Crippen molar-refractivity contribution in [1.29, 1.82) is 0 Å². The predicted octanol–water partition coefficient (Wildman–Crippen LogP) is 3.58. The number of nitrogens with zero attached hydrogens (tertiary/aromatic N) is 2. The van der Waals surface area contributed by atoms with E-state index in [0.29, 0.717) is 23.6 Å². The largest absolute Gasteiger partial charge is 0.354 e. The van der Waals surface area contributed by atoms with Crippen LogP contribution in [0.25, 0.3) is 0 Å². The fraction of sp³-hybridized carbons (Fsp3) is 0.391. The second kappa shape index (κ2) is 12.0. The van der Waals surface area contributed by atoms with Crippen molar-refractivity contribution in [3.8, 4) is 0 Å². The Balaban J connectivity index is 2.41. The number of amides is 2. The zero-order chi connectivity index (χ0) is 24.6. The normalized spacial score (nSPS) is 12.2. The summed E-state index contributed by atoms with van der Waals surface area (Å²) in [6.45, 7) is 3.64. The number of hydrogen-bond donors (Lipinski definition) is 1. The van der Waals surface area contributed by atoms with Gasteiger partial charge in [0.2, 0.25) is 21.8 Å². The molecule has 0 aliphatic carbocycles. The van der Waals surface area contributed by atoms with Gasteiger partial charge in [-0.1, -0.05) is 43.6 Å². The third-order valence-corrected chi connectivity index (χ3v) is 6.35. The van der Waals surface area contributed by atoms with Crippen molar-refractivity contribution < 1.29 is 22.4 Å². The van der Waals surface area contributed by atoms with Gasteiger partial charge in [0.1, 0.15) is 18.4 Å². The average Bonchev–Trinajstić information content (AvgIpc) is 2.76. The van der Waals surface area contributed by atoms with Gasteiger partial charge in [-0.15, -0.1) is 0 Å². The summed E-state index contributed by atoms with van der Waals surface area (Å²) in [6, 6.07) is 10.9. The van der Waals surface area contributed by atoms with Gasteiger partial charge in [0.15, 0.2) is 0 Å². The third-order valence-electron chi connectivity index (χ3n) is 4.98. The lowest BCUT2D eigenvalue weighted by molar-refractivity contribution is -0.140. The number of benzene rings is 2. The van der Waals surface area contributed by atoms with Crippen LogP contribution < -0.4 is 9.62 Å². The molecule has 0 fully saturated rings. The molecule has 2 aromatic rings. The maximum atomic E-state index is 13.4. The summed E-state index contributed by atoms with van der Waals surface area (Å²) in [7, 11) is -3.83. The minimum atomic E-state index is -3.83. The minimum Gasteiger partial charge on any atom is -0.354 e. The number of hydrogen-bond acceptors (Lipinski definition) is 4. The fourth-order valence-electron chi connectivity index (χ4n) is 3.32. The lowest BCUT2D eigenvalue weighted by Crippen LogP contribution is -2.52. The van der Waals surface area contributed by atoms with Crippen LogP contribution in [0.4, 0.5) is 10.1 Å². The molecule has 1 N–H and O–H groups in total. The first kappa shape index (κ1) is 26.6. The summed E-state index contributed by atoms with van der Waals surface area (Å²) in [6.07, 6.45) is 2.04. The van der Waals surface area contributed by atoms with E-state index in [1.165, 1.54) is 41.3 Å². The van der Waals surface area contributed by atoms with Crippen molar-refractivity contribution in [3.05, 3.63) is 64.9 Å². The van der Waals surface area contributed by atoms with E-state index in [2.05, 4.69) is 5.32 Å². The fourth-order valence-corrected chi connectivity index (χ4v) is 4.34. The Morgan fingerprint density at radius 2 is 1.79 bits per heavy atom.